The highest BCUT2D eigenvalue weighted by molar-refractivity contribution is 5.99. The van der Waals surface area contributed by atoms with Crippen LogP contribution < -0.4 is 5.73 Å². The van der Waals surface area contributed by atoms with Gasteiger partial charge in [0.1, 0.15) is 0 Å². The largest absolute Gasteiger partial charge is 0.399 e. The summed E-state index contributed by atoms with van der Waals surface area (Å²) in [4.78, 5) is 13.9. The Morgan fingerprint density at radius 1 is 1.47 bits per heavy atom. The van der Waals surface area contributed by atoms with Gasteiger partial charge in [-0.3, -0.25) is 4.79 Å². The standard InChI is InChI=1S/C13H18N2O2/c1-2-17-7-3-6-15-9-10-4-5-11(14)8-12(10)13(15)16/h4-5,8H,2-3,6-7,9,14H2,1H3. The first-order valence-electron chi connectivity index (χ1n) is 5.97. The van der Waals surface area contributed by atoms with Crippen molar-refractivity contribution in [3.63, 3.8) is 0 Å². The first kappa shape index (κ1) is 11.9. The van der Waals surface area contributed by atoms with Gasteiger partial charge < -0.3 is 15.4 Å². The minimum Gasteiger partial charge on any atom is -0.399 e. The summed E-state index contributed by atoms with van der Waals surface area (Å²) in [7, 11) is 0. The Bertz CT molecular complexity index is 418. The van der Waals surface area contributed by atoms with Crippen LogP contribution in [-0.2, 0) is 11.3 Å². The normalized spacial score (nSPS) is 14.2. The Morgan fingerprint density at radius 2 is 2.29 bits per heavy atom. The van der Waals surface area contributed by atoms with Crippen LogP contribution in [0.2, 0.25) is 0 Å². The average Bonchev–Trinajstić information content (AvgIpc) is 2.62. The highest BCUT2D eigenvalue weighted by Gasteiger charge is 2.26. The van der Waals surface area contributed by atoms with Crippen molar-refractivity contribution in [3.8, 4) is 0 Å². The number of fused-ring (bicyclic) bond motifs is 1. The topological polar surface area (TPSA) is 55.6 Å². The molecule has 4 nitrogen and oxygen atoms in total. The Balaban J connectivity index is 1.95. The average molecular weight is 234 g/mol. The predicted octanol–water partition coefficient (Wildman–Crippen LogP) is 1.65. The van der Waals surface area contributed by atoms with E-state index in [4.69, 9.17) is 10.5 Å². The van der Waals surface area contributed by atoms with Crippen LogP contribution in [0.4, 0.5) is 5.69 Å². The van der Waals surface area contributed by atoms with Gasteiger partial charge in [0.25, 0.3) is 5.91 Å². The van der Waals surface area contributed by atoms with Crippen LogP contribution in [0.1, 0.15) is 29.3 Å². The molecular formula is C13H18N2O2. The third kappa shape index (κ3) is 2.58. The molecule has 1 aromatic carbocycles. The Hall–Kier alpha value is -1.55. The van der Waals surface area contributed by atoms with Gasteiger partial charge >= 0.3 is 0 Å². The zero-order chi connectivity index (χ0) is 12.3. The van der Waals surface area contributed by atoms with Crippen LogP contribution in [0.25, 0.3) is 0 Å². The summed E-state index contributed by atoms with van der Waals surface area (Å²) in [5.74, 6) is 0.0869. The number of hydrogen-bond acceptors (Lipinski definition) is 3. The maximum atomic E-state index is 12.0. The van der Waals surface area contributed by atoms with E-state index in [0.29, 0.717) is 18.8 Å². The lowest BCUT2D eigenvalue weighted by Gasteiger charge is -2.15. The number of anilines is 1. The fourth-order valence-corrected chi connectivity index (χ4v) is 2.06. The molecule has 0 saturated carbocycles. The lowest BCUT2D eigenvalue weighted by molar-refractivity contribution is 0.0748. The zero-order valence-electron chi connectivity index (χ0n) is 10.1. The lowest BCUT2D eigenvalue weighted by Crippen LogP contribution is -2.25. The van der Waals surface area contributed by atoms with Crippen molar-refractivity contribution >= 4 is 11.6 Å². The highest BCUT2D eigenvalue weighted by atomic mass is 16.5. The van der Waals surface area contributed by atoms with E-state index in [1.807, 2.05) is 24.0 Å². The molecule has 1 aliphatic heterocycles. The van der Waals surface area contributed by atoms with Crippen molar-refractivity contribution in [2.24, 2.45) is 0 Å². The predicted molar refractivity (Wildman–Crippen MR) is 66.7 cm³/mol. The van der Waals surface area contributed by atoms with Gasteiger partial charge in [0.05, 0.1) is 0 Å². The Morgan fingerprint density at radius 3 is 3.06 bits per heavy atom. The van der Waals surface area contributed by atoms with Crippen molar-refractivity contribution in [2.75, 3.05) is 25.5 Å². The second kappa shape index (κ2) is 5.19. The van der Waals surface area contributed by atoms with E-state index in [9.17, 15) is 4.79 Å². The highest BCUT2D eigenvalue weighted by Crippen LogP contribution is 2.24. The number of benzene rings is 1. The molecule has 0 aromatic heterocycles. The van der Waals surface area contributed by atoms with E-state index in [2.05, 4.69) is 0 Å². The van der Waals surface area contributed by atoms with Crippen LogP contribution >= 0.6 is 0 Å². The van der Waals surface area contributed by atoms with Gasteiger partial charge in [-0.25, -0.2) is 0 Å². The molecule has 92 valence electrons. The quantitative estimate of drug-likeness (QED) is 0.622. The molecule has 0 bridgehead atoms. The van der Waals surface area contributed by atoms with Gasteiger partial charge in [-0.05, 0) is 31.0 Å². The van der Waals surface area contributed by atoms with E-state index in [-0.39, 0.29) is 5.91 Å². The summed E-state index contributed by atoms with van der Waals surface area (Å²) in [5, 5.41) is 0. The van der Waals surface area contributed by atoms with Crippen molar-refractivity contribution in [1.29, 1.82) is 0 Å². The maximum absolute atomic E-state index is 12.0. The first-order chi connectivity index (χ1) is 8.22. The van der Waals surface area contributed by atoms with E-state index < -0.39 is 0 Å². The summed E-state index contributed by atoms with van der Waals surface area (Å²) >= 11 is 0. The molecule has 0 fully saturated rings. The van der Waals surface area contributed by atoms with Gasteiger partial charge in [-0.2, -0.15) is 0 Å². The number of hydrogen-bond donors (Lipinski definition) is 1. The number of rotatable bonds is 5. The Labute approximate surface area is 101 Å². The summed E-state index contributed by atoms with van der Waals surface area (Å²) in [6.45, 7) is 4.84. The number of nitrogen functional groups attached to an aromatic ring is 1. The van der Waals surface area contributed by atoms with E-state index >= 15 is 0 Å². The van der Waals surface area contributed by atoms with Crippen LogP contribution in [0.5, 0.6) is 0 Å². The minimum absolute atomic E-state index is 0.0869. The summed E-state index contributed by atoms with van der Waals surface area (Å²) in [5.41, 5.74) is 8.16. The van der Waals surface area contributed by atoms with Gasteiger partial charge in [-0.15, -0.1) is 0 Å². The second-order valence-electron chi connectivity index (χ2n) is 4.19. The number of amides is 1. The fourth-order valence-electron chi connectivity index (χ4n) is 2.06. The third-order valence-electron chi connectivity index (χ3n) is 2.93. The molecule has 2 rings (SSSR count). The molecule has 0 saturated heterocycles. The van der Waals surface area contributed by atoms with Crippen LogP contribution in [0, 0.1) is 0 Å². The SMILES string of the molecule is CCOCCCN1Cc2ccc(N)cc2C1=O. The molecule has 0 aliphatic carbocycles. The fraction of sp³-hybridized carbons (Fsp3) is 0.462. The molecule has 4 heteroatoms. The molecule has 1 amide bonds. The smallest absolute Gasteiger partial charge is 0.254 e. The van der Waals surface area contributed by atoms with Crippen molar-refractivity contribution in [1.82, 2.24) is 4.90 Å². The molecule has 2 N–H and O–H groups in total. The number of carbonyl (C=O) groups is 1. The summed E-state index contributed by atoms with van der Waals surface area (Å²) < 4.78 is 5.27. The molecule has 17 heavy (non-hydrogen) atoms. The van der Waals surface area contributed by atoms with E-state index in [1.54, 1.807) is 6.07 Å². The monoisotopic (exact) mass is 234 g/mol. The number of carbonyl (C=O) groups excluding carboxylic acids is 1. The molecule has 0 spiro atoms. The van der Waals surface area contributed by atoms with Gasteiger partial charge in [0.15, 0.2) is 0 Å². The lowest BCUT2D eigenvalue weighted by atomic mass is 10.1. The molecule has 1 aliphatic rings. The van der Waals surface area contributed by atoms with Gasteiger partial charge in [-0.1, -0.05) is 6.07 Å². The van der Waals surface area contributed by atoms with Crippen molar-refractivity contribution < 1.29 is 9.53 Å². The summed E-state index contributed by atoms with van der Waals surface area (Å²) in [6.07, 6.45) is 0.878. The van der Waals surface area contributed by atoms with E-state index in [1.165, 1.54) is 0 Å². The number of nitrogens with two attached hydrogens (primary N) is 1. The Kier molecular flexibility index (Phi) is 3.64. The number of ether oxygens (including phenoxy) is 1. The molecule has 0 atom stereocenters. The van der Waals surface area contributed by atoms with Gasteiger partial charge in [0.2, 0.25) is 0 Å². The maximum Gasteiger partial charge on any atom is 0.254 e. The van der Waals surface area contributed by atoms with Gasteiger partial charge in [0, 0.05) is 37.6 Å². The molecule has 1 heterocycles. The minimum atomic E-state index is 0.0869. The first-order valence-corrected chi connectivity index (χ1v) is 5.97. The second-order valence-corrected chi connectivity index (χ2v) is 4.19. The molecule has 1 aromatic rings. The third-order valence-corrected chi connectivity index (χ3v) is 2.93. The zero-order valence-corrected chi connectivity index (χ0v) is 10.1. The molecular weight excluding hydrogens is 216 g/mol. The molecule has 0 radical (unpaired) electrons. The van der Waals surface area contributed by atoms with Crippen LogP contribution in [-0.4, -0.2) is 30.6 Å². The van der Waals surface area contributed by atoms with Crippen molar-refractivity contribution in [3.05, 3.63) is 29.3 Å². The molecule has 0 unspecified atom stereocenters. The number of nitrogens with zero attached hydrogens (tertiary/aromatic N) is 1. The van der Waals surface area contributed by atoms with Crippen molar-refractivity contribution in [2.45, 2.75) is 19.9 Å². The van der Waals surface area contributed by atoms with E-state index in [0.717, 1.165) is 30.7 Å². The summed E-state index contributed by atoms with van der Waals surface area (Å²) in [6, 6.07) is 5.54. The van der Waals surface area contributed by atoms with Crippen LogP contribution in [0.3, 0.4) is 0 Å². The van der Waals surface area contributed by atoms with Crippen LogP contribution in [0.15, 0.2) is 18.2 Å².